The standard InChI is InChI=1S/C14H20O2/c1-8(2)14(15)16-11-6-12-9-3-4-10(5-9)13(12)7-11/h9-13H,1,3-7H2,2H3/t9-,10+,11?,12+,13-. The van der Waals surface area contributed by atoms with Crippen molar-refractivity contribution in [1.29, 1.82) is 0 Å². The Morgan fingerprint density at radius 3 is 2.19 bits per heavy atom. The molecule has 0 radical (unpaired) electrons. The average Bonchev–Trinajstić information content (AvgIpc) is 2.86. The molecule has 0 N–H and O–H groups in total. The van der Waals surface area contributed by atoms with Crippen molar-refractivity contribution in [2.75, 3.05) is 0 Å². The van der Waals surface area contributed by atoms with Crippen molar-refractivity contribution in [3.8, 4) is 0 Å². The van der Waals surface area contributed by atoms with Crippen molar-refractivity contribution in [3.63, 3.8) is 0 Å². The highest BCUT2D eigenvalue weighted by Crippen LogP contribution is 2.59. The summed E-state index contributed by atoms with van der Waals surface area (Å²) in [6, 6.07) is 0. The van der Waals surface area contributed by atoms with Crippen molar-refractivity contribution in [1.82, 2.24) is 0 Å². The van der Waals surface area contributed by atoms with Gasteiger partial charge < -0.3 is 4.74 Å². The molecule has 0 spiro atoms. The zero-order valence-electron chi connectivity index (χ0n) is 9.95. The van der Waals surface area contributed by atoms with Gasteiger partial charge in [0.25, 0.3) is 0 Å². The minimum atomic E-state index is -0.197. The second-order valence-corrected chi connectivity index (χ2v) is 5.94. The Morgan fingerprint density at radius 1 is 1.12 bits per heavy atom. The Kier molecular flexibility index (Phi) is 2.34. The van der Waals surface area contributed by atoms with Gasteiger partial charge in [-0.05, 0) is 62.7 Å². The van der Waals surface area contributed by atoms with Gasteiger partial charge in [0.2, 0.25) is 0 Å². The Morgan fingerprint density at radius 2 is 1.69 bits per heavy atom. The predicted octanol–water partition coefficient (Wildman–Crippen LogP) is 2.93. The van der Waals surface area contributed by atoms with E-state index in [0.29, 0.717) is 5.57 Å². The largest absolute Gasteiger partial charge is 0.459 e. The minimum Gasteiger partial charge on any atom is -0.459 e. The molecule has 2 bridgehead atoms. The molecule has 3 saturated carbocycles. The van der Waals surface area contributed by atoms with Crippen LogP contribution in [-0.2, 0) is 9.53 Å². The molecular weight excluding hydrogens is 200 g/mol. The Balaban J connectivity index is 1.62. The predicted molar refractivity (Wildman–Crippen MR) is 61.7 cm³/mol. The molecular formula is C14H20O2. The Labute approximate surface area is 97.1 Å². The number of fused-ring (bicyclic) bond motifs is 5. The summed E-state index contributed by atoms with van der Waals surface area (Å²) in [6.07, 6.45) is 6.72. The lowest BCUT2D eigenvalue weighted by Gasteiger charge is -2.23. The lowest BCUT2D eigenvalue weighted by Crippen LogP contribution is -2.16. The highest BCUT2D eigenvalue weighted by molar-refractivity contribution is 5.87. The summed E-state index contributed by atoms with van der Waals surface area (Å²) in [6.45, 7) is 5.36. The van der Waals surface area contributed by atoms with Gasteiger partial charge >= 0.3 is 5.97 Å². The zero-order chi connectivity index (χ0) is 11.3. The Bertz CT molecular complexity index is 316. The first kappa shape index (κ1) is 10.4. The number of rotatable bonds is 2. The number of hydrogen-bond donors (Lipinski definition) is 0. The lowest BCUT2D eigenvalue weighted by molar-refractivity contribution is -0.144. The summed E-state index contributed by atoms with van der Waals surface area (Å²) < 4.78 is 5.50. The van der Waals surface area contributed by atoms with E-state index in [4.69, 9.17) is 4.74 Å². The topological polar surface area (TPSA) is 26.3 Å². The van der Waals surface area contributed by atoms with E-state index in [1.165, 1.54) is 19.3 Å². The Hall–Kier alpha value is -0.790. The van der Waals surface area contributed by atoms with Crippen molar-refractivity contribution >= 4 is 5.97 Å². The van der Waals surface area contributed by atoms with Gasteiger partial charge in [-0.2, -0.15) is 0 Å². The maximum atomic E-state index is 11.5. The van der Waals surface area contributed by atoms with E-state index >= 15 is 0 Å². The number of hydrogen-bond acceptors (Lipinski definition) is 2. The highest BCUT2D eigenvalue weighted by atomic mass is 16.5. The van der Waals surface area contributed by atoms with E-state index in [1.807, 2.05) is 0 Å². The molecule has 0 aromatic carbocycles. The third kappa shape index (κ3) is 1.50. The molecule has 0 amide bonds. The molecule has 3 aliphatic carbocycles. The van der Waals surface area contributed by atoms with Crippen LogP contribution in [0.25, 0.3) is 0 Å². The summed E-state index contributed by atoms with van der Waals surface area (Å²) in [5, 5.41) is 0. The fraction of sp³-hybridized carbons (Fsp3) is 0.786. The summed E-state index contributed by atoms with van der Waals surface area (Å²) in [5.41, 5.74) is 0.528. The fourth-order valence-electron chi connectivity index (χ4n) is 4.32. The van der Waals surface area contributed by atoms with Crippen molar-refractivity contribution < 1.29 is 9.53 Å². The van der Waals surface area contributed by atoms with Gasteiger partial charge in [0.15, 0.2) is 0 Å². The molecule has 0 aromatic heterocycles. The third-order valence-electron chi connectivity index (χ3n) is 4.97. The van der Waals surface area contributed by atoms with Crippen molar-refractivity contribution in [2.24, 2.45) is 23.7 Å². The van der Waals surface area contributed by atoms with Crippen LogP contribution in [0.3, 0.4) is 0 Å². The van der Waals surface area contributed by atoms with Crippen LogP contribution in [0.4, 0.5) is 0 Å². The van der Waals surface area contributed by atoms with E-state index in [1.54, 1.807) is 6.92 Å². The van der Waals surface area contributed by atoms with Gasteiger partial charge in [-0.3, -0.25) is 0 Å². The van der Waals surface area contributed by atoms with Crippen LogP contribution in [0.1, 0.15) is 39.0 Å². The maximum absolute atomic E-state index is 11.5. The number of ether oxygens (including phenoxy) is 1. The van der Waals surface area contributed by atoms with E-state index < -0.39 is 0 Å². The number of carbonyl (C=O) groups excluding carboxylic acids is 1. The van der Waals surface area contributed by atoms with Crippen molar-refractivity contribution in [2.45, 2.75) is 45.1 Å². The van der Waals surface area contributed by atoms with E-state index in [0.717, 1.165) is 36.5 Å². The smallest absolute Gasteiger partial charge is 0.333 e. The highest BCUT2D eigenvalue weighted by Gasteiger charge is 2.52. The normalized spacial score (nSPS) is 44.4. The van der Waals surface area contributed by atoms with Gasteiger partial charge in [0.1, 0.15) is 6.10 Å². The van der Waals surface area contributed by atoms with Gasteiger partial charge in [-0.1, -0.05) is 6.58 Å². The van der Waals surface area contributed by atoms with Crippen LogP contribution in [0.2, 0.25) is 0 Å². The zero-order valence-corrected chi connectivity index (χ0v) is 9.95. The van der Waals surface area contributed by atoms with E-state index in [2.05, 4.69) is 6.58 Å². The summed E-state index contributed by atoms with van der Waals surface area (Å²) in [4.78, 5) is 11.5. The molecule has 2 nitrogen and oxygen atoms in total. The summed E-state index contributed by atoms with van der Waals surface area (Å²) in [7, 11) is 0. The molecule has 0 heterocycles. The molecule has 1 unspecified atom stereocenters. The van der Waals surface area contributed by atoms with Crippen LogP contribution in [0, 0.1) is 23.7 Å². The molecule has 0 aromatic rings. The molecule has 88 valence electrons. The van der Waals surface area contributed by atoms with Gasteiger partial charge in [-0.25, -0.2) is 4.79 Å². The number of carbonyl (C=O) groups is 1. The molecule has 3 aliphatic rings. The SMILES string of the molecule is C=C(C)C(=O)OC1C[C@@H]2[C@H]3CC[C@H](C3)[C@@H]2C1. The molecule has 16 heavy (non-hydrogen) atoms. The van der Waals surface area contributed by atoms with E-state index in [-0.39, 0.29) is 12.1 Å². The molecule has 2 heteroatoms. The van der Waals surface area contributed by atoms with Gasteiger partial charge in [-0.15, -0.1) is 0 Å². The van der Waals surface area contributed by atoms with Crippen LogP contribution in [0.5, 0.6) is 0 Å². The average molecular weight is 220 g/mol. The van der Waals surface area contributed by atoms with Gasteiger partial charge in [0.05, 0.1) is 0 Å². The minimum absolute atomic E-state index is 0.183. The van der Waals surface area contributed by atoms with Crippen LogP contribution in [0.15, 0.2) is 12.2 Å². The molecule has 5 atom stereocenters. The lowest BCUT2D eigenvalue weighted by atomic mass is 9.82. The van der Waals surface area contributed by atoms with Crippen LogP contribution in [-0.4, -0.2) is 12.1 Å². The first-order valence-corrected chi connectivity index (χ1v) is 6.51. The molecule has 3 fully saturated rings. The summed E-state index contributed by atoms with van der Waals surface area (Å²) in [5.74, 6) is 3.42. The molecule has 0 saturated heterocycles. The maximum Gasteiger partial charge on any atom is 0.333 e. The first-order valence-electron chi connectivity index (χ1n) is 6.51. The fourth-order valence-corrected chi connectivity index (χ4v) is 4.32. The van der Waals surface area contributed by atoms with E-state index in [9.17, 15) is 4.79 Å². The van der Waals surface area contributed by atoms with Crippen LogP contribution < -0.4 is 0 Å². The van der Waals surface area contributed by atoms with Gasteiger partial charge in [0, 0.05) is 5.57 Å². The second-order valence-electron chi connectivity index (χ2n) is 5.94. The van der Waals surface area contributed by atoms with Crippen molar-refractivity contribution in [3.05, 3.63) is 12.2 Å². The first-order chi connectivity index (χ1) is 7.65. The third-order valence-corrected chi connectivity index (χ3v) is 4.97. The summed E-state index contributed by atoms with van der Waals surface area (Å²) >= 11 is 0. The number of esters is 1. The second kappa shape index (κ2) is 3.61. The quantitative estimate of drug-likeness (QED) is 0.528. The van der Waals surface area contributed by atoms with Crippen LogP contribution >= 0.6 is 0 Å². The molecule has 3 rings (SSSR count). The monoisotopic (exact) mass is 220 g/mol. The molecule has 0 aliphatic heterocycles.